The molecule has 0 unspecified atom stereocenters. The lowest BCUT2D eigenvalue weighted by Crippen LogP contribution is -2.50. The van der Waals surface area contributed by atoms with E-state index in [-0.39, 0.29) is 27.4 Å². The van der Waals surface area contributed by atoms with Crippen LogP contribution in [-0.4, -0.2) is 50.5 Å². The summed E-state index contributed by atoms with van der Waals surface area (Å²) in [5.74, 6) is -1.29. The minimum atomic E-state index is -4.26. The molecule has 0 bridgehead atoms. The van der Waals surface area contributed by atoms with Crippen LogP contribution in [0.3, 0.4) is 0 Å². The third-order valence-electron chi connectivity index (χ3n) is 5.15. The Balaban J connectivity index is 1.67. The third kappa shape index (κ3) is 5.05. The number of ether oxygens (including phenoxy) is 1. The standard InChI is InChI=1S/C19H15Cl2F2N5O7S/c20-8-3-7(28-19(32)25-18(31)15(26-28)17(22)23)4-9(21)16(8)35-14-5-13(12(30)6-24-14)36(33,34)27-10-1-2-11(10)29/h3-6,10-11,17,27,29-30H,1-2H2,(H,25,31,32)/t10-,11+/m1/s1. The molecule has 3 aromatic rings. The molecule has 2 aromatic heterocycles. The number of alkyl halides is 2. The first-order valence-corrected chi connectivity index (χ1v) is 12.2. The summed E-state index contributed by atoms with van der Waals surface area (Å²) in [6, 6.07) is 2.33. The van der Waals surface area contributed by atoms with Crippen molar-refractivity contribution < 1.29 is 32.1 Å². The number of pyridine rings is 1. The summed E-state index contributed by atoms with van der Waals surface area (Å²) in [5, 5.41) is 22.5. The molecule has 0 amide bonds. The lowest BCUT2D eigenvalue weighted by atomic mass is 9.90. The first-order chi connectivity index (χ1) is 16.9. The minimum Gasteiger partial charge on any atom is -0.505 e. The quantitative estimate of drug-likeness (QED) is 0.333. The number of benzene rings is 1. The zero-order valence-electron chi connectivity index (χ0n) is 17.7. The molecule has 192 valence electrons. The van der Waals surface area contributed by atoms with Gasteiger partial charge in [-0.05, 0) is 25.0 Å². The lowest BCUT2D eigenvalue weighted by Gasteiger charge is -2.32. The second-order valence-electron chi connectivity index (χ2n) is 7.56. The number of aromatic amines is 1. The van der Waals surface area contributed by atoms with Crippen LogP contribution >= 0.6 is 23.2 Å². The molecular weight excluding hydrogens is 551 g/mol. The van der Waals surface area contributed by atoms with Gasteiger partial charge in [0.2, 0.25) is 15.9 Å². The molecule has 36 heavy (non-hydrogen) atoms. The molecule has 1 fully saturated rings. The van der Waals surface area contributed by atoms with Gasteiger partial charge in [-0.25, -0.2) is 31.7 Å². The Labute approximate surface area is 210 Å². The number of aliphatic hydroxyl groups is 1. The molecule has 17 heteroatoms. The molecule has 0 radical (unpaired) electrons. The highest BCUT2D eigenvalue weighted by Crippen LogP contribution is 2.38. The third-order valence-corrected chi connectivity index (χ3v) is 7.23. The van der Waals surface area contributed by atoms with Crippen LogP contribution in [0.5, 0.6) is 17.4 Å². The van der Waals surface area contributed by atoms with Gasteiger partial charge in [0, 0.05) is 12.1 Å². The van der Waals surface area contributed by atoms with Crippen LogP contribution < -0.4 is 20.7 Å². The van der Waals surface area contributed by atoms with Crippen LogP contribution in [0.1, 0.15) is 25.0 Å². The minimum absolute atomic E-state index is 0.189. The van der Waals surface area contributed by atoms with E-state index < -0.39 is 56.2 Å². The summed E-state index contributed by atoms with van der Waals surface area (Å²) in [6.45, 7) is 0. The van der Waals surface area contributed by atoms with E-state index in [1.165, 1.54) is 0 Å². The Hall–Kier alpha value is -3.11. The highest BCUT2D eigenvalue weighted by atomic mass is 35.5. The van der Waals surface area contributed by atoms with E-state index in [1.807, 2.05) is 0 Å². The van der Waals surface area contributed by atoms with Crippen LogP contribution in [-0.2, 0) is 10.0 Å². The average Bonchev–Trinajstić information content (AvgIpc) is 2.79. The number of hydrogen-bond acceptors (Lipinski definition) is 9. The van der Waals surface area contributed by atoms with Crippen LogP contribution in [0, 0.1) is 0 Å². The van der Waals surface area contributed by atoms with Crippen LogP contribution in [0.15, 0.2) is 38.9 Å². The molecule has 4 rings (SSSR count). The van der Waals surface area contributed by atoms with Gasteiger partial charge in [0.15, 0.2) is 17.2 Å². The molecule has 2 atom stereocenters. The predicted octanol–water partition coefficient (Wildman–Crippen LogP) is 1.86. The number of rotatable bonds is 7. The van der Waals surface area contributed by atoms with Crippen molar-refractivity contribution in [3.8, 4) is 23.1 Å². The summed E-state index contributed by atoms with van der Waals surface area (Å²) >= 11 is 12.4. The molecule has 2 heterocycles. The van der Waals surface area contributed by atoms with E-state index >= 15 is 0 Å². The molecule has 1 aromatic carbocycles. The van der Waals surface area contributed by atoms with E-state index in [9.17, 15) is 37.0 Å². The van der Waals surface area contributed by atoms with Crippen LogP contribution in [0.25, 0.3) is 5.69 Å². The van der Waals surface area contributed by atoms with E-state index in [2.05, 4.69) is 14.8 Å². The number of aromatic hydroxyl groups is 1. The Morgan fingerprint density at radius 3 is 2.42 bits per heavy atom. The topological polar surface area (TPSA) is 176 Å². The zero-order chi connectivity index (χ0) is 26.4. The van der Waals surface area contributed by atoms with Gasteiger partial charge < -0.3 is 14.9 Å². The van der Waals surface area contributed by atoms with E-state index in [4.69, 9.17) is 27.9 Å². The first-order valence-electron chi connectivity index (χ1n) is 9.95. The molecule has 12 nitrogen and oxygen atoms in total. The van der Waals surface area contributed by atoms with Crippen LogP contribution in [0.4, 0.5) is 8.78 Å². The summed E-state index contributed by atoms with van der Waals surface area (Å²) in [4.78, 5) is 28.5. The Kier molecular flexibility index (Phi) is 7.03. The zero-order valence-corrected chi connectivity index (χ0v) is 20.0. The van der Waals surface area contributed by atoms with Crippen molar-refractivity contribution in [1.29, 1.82) is 0 Å². The molecule has 1 aliphatic carbocycles. The van der Waals surface area contributed by atoms with E-state index in [0.717, 1.165) is 24.4 Å². The van der Waals surface area contributed by atoms with Gasteiger partial charge in [-0.3, -0.25) is 9.78 Å². The van der Waals surface area contributed by atoms with E-state index in [1.54, 1.807) is 4.98 Å². The molecule has 0 aliphatic heterocycles. The van der Waals surface area contributed by atoms with Crippen molar-refractivity contribution in [3.63, 3.8) is 0 Å². The molecule has 0 spiro atoms. The molecule has 4 N–H and O–H groups in total. The number of sulfonamides is 1. The van der Waals surface area contributed by atoms with E-state index in [0.29, 0.717) is 17.5 Å². The highest BCUT2D eigenvalue weighted by Gasteiger charge is 2.34. The number of aliphatic hydroxyl groups excluding tert-OH is 1. The van der Waals surface area contributed by atoms with Crippen molar-refractivity contribution in [1.82, 2.24) is 24.5 Å². The summed E-state index contributed by atoms with van der Waals surface area (Å²) < 4.78 is 59.5. The SMILES string of the molecule is O=c1[nH]c(=O)n(-c2cc(Cl)c(Oc3cc(S(=O)(=O)N[C@@H]4CC[C@@H]4O)c(O)cn3)c(Cl)c2)nc1C(F)F. The highest BCUT2D eigenvalue weighted by molar-refractivity contribution is 7.89. The number of nitrogens with zero attached hydrogens (tertiary/aromatic N) is 3. The van der Waals surface area contributed by atoms with Crippen molar-refractivity contribution in [2.24, 2.45) is 0 Å². The molecule has 1 saturated carbocycles. The number of halogens is 4. The smallest absolute Gasteiger partial charge is 0.349 e. The first kappa shape index (κ1) is 26.0. The number of aromatic nitrogens is 4. The van der Waals surface area contributed by atoms with Gasteiger partial charge >= 0.3 is 5.69 Å². The second kappa shape index (κ2) is 9.74. The maximum atomic E-state index is 13.0. The van der Waals surface area contributed by atoms with Crippen molar-refractivity contribution >= 4 is 33.2 Å². The van der Waals surface area contributed by atoms with Crippen molar-refractivity contribution in [2.75, 3.05) is 0 Å². The van der Waals surface area contributed by atoms with Gasteiger partial charge in [0.05, 0.1) is 28.0 Å². The molecule has 1 aliphatic rings. The Bertz CT molecular complexity index is 1540. The van der Waals surface area contributed by atoms with Gasteiger partial charge in [0.1, 0.15) is 4.90 Å². The fraction of sp³-hybridized carbons (Fsp3) is 0.263. The Morgan fingerprint density at radius 1 is 1.19 bits per heavy atom. The summed E-state index contributed by atoms with van der Waals surface area (Å²) in [7, 11) is -4.26. The second-order valence-corrected chi connectivity index (χ2v) is 10.1. The lowest BCUT2D eigenvalue weighted by molar-refractivity contribution is 0.0612. The average molecular weight is 566 g/mol. The van der Waals surface area contributed by atoms with Gasteiger partial charge in [-0.1, -0.05) is 23.2 Å². The number of hydrogen-bond donors (Lipinski definition) is 4. The fourth-order valence-corrected chi connectivity index (χ4v) is 5.10. The van der Waals surface area contributed by atoms with Crippen molar-refractivity contribution in [2.45, 2.75) is 36.3 Å². The van der Waals surface area contributed by atoms with Gasteiger partial charge in [-0.15, -0.1) is 0 Å². The summed E-state index contributed by atoms with van der Waals surface area (Å²) in [6.07, 6.45) is -2.45. The number of nitrogens with one attached hydrogen (secondary N) is 2. The normalized spacial score (nSPS) is 17.7. The monoisotopic (exact) mass is 565 g/mol. The summed E-state index contributed by atoms with van der Waals surface area (Å²) in [5.41, 5.74) is -3.88. The largest absolute Gasteiger partial charge is 0.505 e. The van der Waals surface area contributed by atoms with Gasteiger partial charge in [0.25, 0.3) is 12.0 Å². The van der Waals surface area contributed by atoms with Crippen molar-refractivity contribution in [3.05, 3.63) is 61.0 Å². The maximum Gasteiger partial charge on any atom is 0.349 e. The van der Waals surface area contributed by atoms with Crippen LogP contribution in [0.2, 0.25) is 10.0 Å². The molecular formula is C19H15Cl2F2N5O7S. The molecule has 0 saturated heterocycles. The predicted molar refractivity (Wildman–Crippen MR) is 121 cm³/mol. The van der Waals surface area contributed by atoms with Gasteiger partial charge in [-0.2, -0.15) is 9.78 Å². The maximum absolute atomic E-state index is 13.0. The Morgan fingerprint density at radius 2 is 1.86 bits per heavy atom. The fourth-order valence-electron chi connectivity index (χ4n) is 3.17. The number of H-pyrrole nitrogens is 1.